The molecular weight excluding hydrogens is 288 g/mol. The van der Waals surface area contributed by atoms with E-state index in [9.17, 15) is 9.59 Å². The zero-order chi connectivity index (χ0) is 15.2. The van der Waals surface area contributed by atoms with Crippen molar-refractivity contribution in [1.29, 1.82) is 0 Å². The van der Waals surface area contributed by atoms with E-state index in [2.05, 4.69) is 10.3 Å². The molecular formula is C15H16N2O3S. The number of thioether (sulfide) groups is 1. The van der Waals surface area contributed by atoms with E-state index in [1.54, 1.807) is 23.9 Å². The number of nitrogens with zero attached hydrogens (tertiary/aromatic N) is 1. The predicted molar refractivity (Wildman–Crippen MR) is 83.6 cm³/mol. The Kier molecular flexibility index (Phi) is 5.16. The topological polar surface area (TPSA) is 79.3 Å². The van der Waals surface area contributed by atoms with E-state index in [1.165, 1.54) is 0 Å². The van der Waals surface area contributed by atoms with Crippen molar-refractivity contribution < 1.29 is 14.7 Å². The summed E-state index contributed by atoms with van der Waals surface area (Å²) in [5.74, 6) is -0.824. The molecule has 0 aliphatic rings. The summed E-state index contributed by atoms with van der Waals surface area (Å²) in [6, 6.07) is 9.97. The molecule has 5 nitrogen and oxygen atoms in total. The molecule has 1 aromatic carbocycles. The van der Waals surface area contributed by atoms with Gasteiger partial charge in [0, 0.05) is 5.39 Å². The zero-order valence-corrected chi connectivity index (χ0v) is 12.4. The number of benzene rings is 1. The maximum Gasteiger partial charge on any atom is 0.326 e. The number of rotatable bonds is 6. The van der Waals surface area contributed by atoms with Crippen molar-refractivity contribution in [2.45, 2.75) is 12.5 Å². The predicted octanol–water partition coefficient (Wildman–Crippen LogP) is 2.17. The molecule has 21 heavy (non-hydrogen) atoms. The molecule has 0 bridgehead atoms. The van der Waals surface area contributed by atoms with E-state index in [4.69, 9.17) is 5.11 Å². The maximum absolute atomic E-state index is 12.1. The lowest BCUT2D eigenvalue weighted by atomic mass is 10.2. The van der Waals surface area contributed by atoms with Gasteiger partial charge in [0.2, 0.25) is 0 Å². The highest BCUT2D eigenvalue weighted by molar-refractivity contribution is 7.98. The third-order valence-corrected chi connectivity index (χ3v) is 3.69. The maximum atomic E-state index is 12.1. The van der Waals surface area contributed by atoms with Crippen molar-refractivity contribution in [2.24, 2.45) is 0 Å². The number of carboxylic acids is 1. The first-order valence-corrected chi connectivity index (χ1v) is 7.89. The van der Waals surface area contributed by atoms with Crippen LogP contribution in [0.1, 0.15) is 16.9 Å². The number of pyridine rings is 1. The lowest BCUT2D eigenvalue weighted by Crippen LogP contribution is -2.41. The van der Waals surface area contributed by atoms with Crippen LogP contribution in [0.25, 0.3) is 10.9 Å². The van der Waals surface area contributed by atoms with Crippen LogP contribution in [0.3, 0.4) is 0 Å². The summed E-state index contributed by atoms with van der Waals surface area (Å²) in [4.78, 5) is 27.5. The Labute approximate surface area is 126 Å². The molecule has 0 aliphatic heterocycles. The molecule has 0 radical (unpaired) electrons. The van der Waals surface area contributed by atoms with Gasteiger partial charge >= 0.3 is 5.97 Å². The van der Waals surface area contributed by atoms with E-state index in [-0.39, 0.29) is 5.69 Å². The van der Waals surface area contributed by atoms with E-state index < -0.39 is 17.9 Å². The molecule has 0 saturated carbocycles. The zero-order valence-electron chi connectivity index (χ0n) is 11.6. The number of aliphatic carboxylic acids is 1. The number of fused-ring (bicyclic) bond motifs is 1. The second kappa shape index (κ2) is 7.08. The molecule has 0 saturated heterocycles. The molecule has 0 spiro atoms. The van der Waals surface area contributed by atoms with E-state index >= 15 is 0 Å². The largest absolute Gasteiger partial charge is 0.480 e. The van der Waals surface area contributed by atoms with Gasteiger partial charge in [-0.25, -0.2) is 9.78 Å². The van der Waals surface area contributed by atoms with Gasteiger partial charge in [0.15, 0.2) is 0 Å². The quantitative estimate of drug-likeness (QED) is 0.855. The SMILES string of the molecule is CSCCC(NC(=O)c1ccc2ccccc2n1)C(=O)O. The second-order valence-corrected chi connectivity index (χ2v) is 5.52. The smallest absolute Gasteiger partial charge is 0.326 e. The van der Waals surface area contributed by atoms with Crippen molar-refractivity contribution in [1.82, 2.24) is 10.3 Å². The lowest BCUT2D eigenvalue weighted by molar-refractivity contribution is -0.139. The normalized spacial score (nSPS) is 12.0. The van der Waals surface area contributed by atoms with Crippen LogP contribution in [0.2, 0.25) is 0 Å². The Morgan fingerprint density at radius 3 is 2.76 bits per heavy atom. The average Bonchev–Trinajstić information content (AvgIpc) is 2.50. The molecule has 110 valence electrons. The van der Waals surface area contributed by atoms with Gasteiger partial charge in [0.05, 0.1) is 5.52 Å². The molecule has 6 heteroatoms. The number of nitrogens with one attached hydrogen (secondary N) is 1. The molecule has 1 atom stereocenters. The summed E-state index contributed by atoms with van der Waals surface area (Å²) < 4.78 is 0. The van der Waals surface area contributed by atoms with Gasteiger partial charge in [-0.15, -0.1) is 0 Å². The first-order chi connectivity index (χ1) is 10.1. The van der Waals surface area contributed by atoms with Crippen LogP contribution in [0.15, 0.2) is 36.4 Å². The average molecular weight is 304 g/mol. The Bertz CT molecular complexity index is 660. The lowest BCUT2D eigenvalue weighted by Gasteiger charge is -2.13. The number of carbonyl (C=O) groups is 2. The fourth-order valence-corrected chi connectivity index (χ4v) is 2.39. The molecule has 0 aliphatic carbocycles. The van der Waals surface area contributed by atoms with E-state index in [1.807, 2.05) is 30.5 Å². The summed E-state index contributed by atoms with van der Waals surface area (Å²) in [7, 11) is 0. The fourth-order valence-electron chi connectivity index (χ4n) is 1.92. The van der Waals surface area contributed by atoms with Crippen molar-refractivity contribution in [3.63, 3.8) is 0 Å². The first-order valence-electron chi connectivity index (χ1n) is 6.50. The minimum absolute atomic E-state index is 0.226. The summed E-state index contributed by atoms with van der Waals surface area (Å²) in [6.45, 7) is 0. The van der Waals surface area contributed by atoms with Crippen LogP contribution in [-0.4, -0.2) is 40.0 Å². The number of carbonyl (C=O) groups excluding carboxylic acids is 1. The third kappa shape index (κ3) is 3.95. The summed E-state index contributed by atoms with van der Waals surface area (Å²) in [5.41, 5.74) is 0.935. The Morgan fingerprint density at radius 2 is 2.05 bits per heavy atom. The molecule has 1 heterocycles. The fraction of sp³-hybridized carbons (Fsp3) is 0.267. The summed E-state index contributed by atoms with van der Waals surface area (Å²) in [6.07, 6.45) is 2.28. The van der Waals surface area contributed by atoms with Crippen molar-refractivity contribution in [3.8, 4) is 0 Å². The minimum Gasteiger partial charge on any atom is -0.480 e. The Balaban J connectivity index is 2.15. The van der Waals surface area contributed by atoms with Crippen LogP contribution < -0.4 is 5.32 Å². The number of para-hydroxylation sites is 1. The monoisotopic (exact) mass is 304 g/mol. The molecule has 1 amide bonds. The van der Waals surface area contributed by atoms with Crippen LogP contribution in [0.4, 0.5) is 0 Å². The first kappa shape index (κ1) is 15.3. The standard InChI is InChI=1S/C15H16N2O3S/c1-21-9-8-13(15(19)20)17-14(18)12-7-6-10-4-2-3-5-11(10)16-12/h2-7,13H,8-9H2,1H3,(H,17,18)(H,19,20). The van der Waals surface area contributed by atoms with Gasteiger partial charge in [0.25, 0.3) is 5.91 Å². The molecule has 2 N–H and O–H groups in total. The van der Waals surface area contributed by atoms with Crippen LogP contribution in [-0.2, 0) is 4.79 Å². The summed E-state index contributed by atoms with van der Waals surface area (Å²) in [5, 5.41) is 12.6. The molecule has 2 aromatic rings. The molecule has 1 aromatic heterocycles. The highest BCUT2D eigenvalue weighted by atomic mass is 32.2. The number of carboxylic acid groups (broad SMARTS) is 1. The third-order valence-electron chi connectivity index (χ3n) is 3.05. The second-order valence-electron chi connectivity index (χ2n) is 4.53. The Morgan fingerprint density at radius 1 is 1.29 bits per heavy atom. The molecule has 2 rings (SSSR count). The highest BCUT2D eigenvalue weighted by Crippen LogP contribution is 2.12. The van der Waals surface area contributed by atoms with Gasteiger partial charge < -0.3 is 10.4 Å². The summed E-state index contributed by atoms with van der Waals surface area (Å²) >= 11 is 1.54. The van der Waals surface area contributed by atoms with Crippen molar-refractivity contribution >= 4 is 34.5 Å². The van der Waals surface area contributed by atoms with Crippen molar-refractivity contribution in [3.05, 3.63) is 42.1 Å². The van der Waals surface area contributed by atoms with Crippen LogP contribution >= 0.6 is 11.8 Å². The van der Waals surface area contributed by atoms with Crippen molar-refractivity contribution in [2.75, 3.05) is 12.0 Å². The molecule has 0 fully saturated rings. The number of aromatic nitrogens is 1. The van der Waals surface area contributed by atoms with Crippen LogP contribution in [0, 0.1) is 0 Å². The van der Waals surface area contributed by atoms with Gasteiger partial charge in [-0.1, -0.05) is 24.3 Å². The van der Waals surface area contributed by atoms with Crippen LogP contribution in [0.5, 0.6) is 0 Å². The van der Waals surface area contributed by atoms with E-state index in [0.717, 1.165) is 5.39 Å². The minimum atomic E-state index is -1.03. The highest BCUT2D eigenvalue weighted by Gasteiger charge is 2.20. The van der Waals surface area contributed by atoms with Gasteiger partial charge in [-0.3, -0.25) is 4.79 Å². The van der Waals surface area contributed by atoms with Gasteiger partial charge in [-0.2, -0.15) is 11.8 Å². The Hall–Kier alpha value is -2.08. The number of amides is 1. The molecule has 1 unspecified atom stereocenters. The number of hydrogen-bond donors (Lipinski definition) is 2. The van der Waals surface area contributed by atoms with E-state index in [0.29, 0.717) is 17.7 Å². The van der Waals surface area contributed by atoms with Gasteiger partial charge in [-0.05, 0) is 30.6 Å². The number of hydrogen-bond acceptors (Lipinski definition) is 4. The van der Waals surface area contributed by atoms with Gasteiger partial charge in [0.1, 0.15) is 11.7 Å².